The number of nitrogens with zero attached hydrogens (tertiary/aromatic N) is 1. The van der Waals surface area contributed by atoms with Crippen LogP contribution in [-0.2, 0) is 0 Å². The van der Waals surface area contributed by atoms with Crippen molar-refractivity contribution >= 4 is 11.7 Å². The number of ketones is 1. The average Bonchev–Trinajstić information content (AvgIpc) is 2.68. The quantitative estimate of drug-likeness (QED) is 0.860. The Morgan fingerprint density at radius 2 is 1.77 bits per heavy atom. The fourth-order valence-electron chi connectivity index (χ4n) is 3.56. The van der Waals surface area contributed by atoms with E-state index in [2.05, 4.69) is 5.32 Å². The zero-order valence-electron chi connectivity index (χ0n) is 15.7. The van der Waals surface area contributed by atoms with Crippen molar-refractivity contribution in [1.82, 2.24) is 10.2 Å². The second-order valence-corrected chi connectivity index (χ2v) is 7.07. The first-order valence-electron chi connectivity index (χ1n) is 9.18. The van der Waals surface area contributed by atoms with Gasteiger partial charge in [-0.3, -0.25) is 9.59 Å². The summed E-state index contributed by atoms with van der Waals surface area (Å²) in [4.78, 5) is 28.1. The van der Waals surface area contributed by atoms with Crippen LogP contribution in [0.2, 0.25) is 0 Å². The second kappa shape index (κ2) is 7.83. The maximum absolute atomic E-state index is 13.2. The van der Waals surface area contributed by atoms with Crippen LogP contribution in [0.5, 0.6) is 0 Å². The molecule has 26 heavy (non-hydrogen) atoms. The van der Waals surface area contributed by atoms with Crippen molar-refractivity contribution in [1.29, 1.82) is 0 Å². The molecular formula is C22H26N2O2. The molecule has 3 rings (SSSR count). The third-order valence-electron chi connectivity index (χ3n) is 5.16. The summed E-state index contributed by atoms with van der Waals surface area (Å²) in [5.41, 5.74) is 3.61. The first-order chi connectivity index (χ1) is 12.5. The summed E-state index contributed by atoms with van der Waals surface area (Å²) in [5.74, 6) is -0.142. The van der Waals surface area contributed by atoms with Gasteiger partial charge in [0.05, 0.1) is 5.56 Å². The minimum absolute atomic E-state index is 0.0563. The van der Waals surface area contributed by atoms with Crippen molar-refractivity contribution in [2.45, 2.75) is 32.7 Å². The number of piperidine rings is 1. The van der Waals surface area contributed by atoms with Crippen molar-refractivity contribution in [3.63, 3.8) is 0 Å². The molecule has 0 bridgehead atoms. The molecule has 1 heterocycles. The van der Waals surface area contributed by atoms with Gasteiger partial charge in [-0.25, -0.2) is 0 Å². The zero-order valence-corrected chi connectivity index (χ0v) is 15.7. The van der Waals surface area contributed by atoms with E-state index in [4.69, 9.17) is 0 Å². The highest BCUT2D eigenvalue weighted by Gasteiger charge is 2.27. The fraction of sp³-hybridized carbons (Fsp3) is 0.364. The standard InChI is InChI=1S/C22H26N2O2/c1-15-10-11-16(2)20(13-15)21(25)18-8-4-5-9-19(18)22(26)24-12-6-7-17(14-24)23-3/h4-5,8-11,13,17,23H,6-7,12,14H2,1-3H3. The van der Waals surface area contributed by atoms with Crippen molar-refractivity contribution in [3.8, 4) is 0 Å². The summed E-state index contributed by atoms with van der Waals surface area (Å²) in [5, 5.41) is 3.26. The largest absolute Gasteiger partial charge is 0.337 e. The first kappa shape index (κ1) is 18.3. The highest BCUT2D eigenvalue weighted by Crippen LogP contribution is 2.21. The molecule has 0 aromatic heterocycles. The number of hydrogen-bond acceptors (Lipinski definition) is 3. The number of likely N-dealkylation sites (tertiary alicyclic amines) is 1. The number of benzene rings is 2. The molecule has 1 saturated heterocycles. The SMILES string of the molecule is CNC1CCCN(C(=O)c2ccccc2C(=O)c2cc(C)ccc2C)C1. The molecule has 1 aliphatic heterocycles. The molecule has 136 valence electrons. The van der Waals surface area contributed by atoms with Gasteiger partial charge in [0.25, 0.3) is 5.91 Å². The minimum Gasteiger partial charge on any atom is -0.337 e. The first-order valence-corrected chi connectivity index (χ1v) is 9.18. The number of nitrogens with one attached hydrogen (secondary N) is 1. The number of carbonyl (C=O) groups excluding carboxylic acids is 2. The van der Waals surface area contributed by atoms with E-state index in [1.807, 2.05) is 56.1 Å². The number of hydrogen-bond donors (Lipinski definition) is 1. The van der Waals surface area contributed by atoms with E-state index in [1.54, 1.807) is 12.1 Å². The van der Waals surface area contributed by atoms with Crippen LogP contribution in [0.4, 0.5) is 0 Å². The van der Waals surface area contributed by atoms with Gasteiger partial charge >= 0.3 is 0 Å². The van der Waals surface area contributed by atoms with Gasteiger partial charge in [0.1, 0.15) is 0 Å². The van der Waals surface area contributed by atoms with Crippen LogP contribution >= 0.6 is 0 Å². The highest BCUT2D eigenvalue weighted by molar-refractivity contribution is 6.16. The molecule has 1 fully saturated rings. The van der Waals surface area contributed by atoms with Gasteiger partial charge in [-0.2, -0.15) is 0 Å². The Balaban J connectivity index is 1.94. The van der Waals surface area contributed by atoms with E-state index >= 15 is 0 Å². The summed E-state index contributed by atoms with van der Waals surface area (Å²) in [6.07, 6.45) is 2.05. The molecule has 1 unspecified atom stereocenters. The number of aryl methyl sites for hydroxylation is 2. The van der Waals surface area contributed by atoms with Crippen molar-refractivity contribution < 1.29 is 9.59 Å². The zero-order chi connectivity index (χ0) is 18.7. The van der Waals surface area contributed by atoms with Gasteiger partial charge in [0.15, 0.2) is 5.78 Å². The van der Waals surface area contributed by atoms with Crippen LogP contribution in [0.15, 0.2) is 42.5 Å². The molecule has 0 spiro atoms. The Morgan fingerprint density at radius 1 is 1.04 bits per heavy atom. The summed E-state index contributed by atoms with van der Waals surface area (Å²) < 4.78 is 0. The van der Waals surface area contributed by atoms with E-state index in [0.29, 0.717) is 29.3 Å². The molecule has 4 nitrogen and oxygen atoms in total. The lowest BCUT2D eigenvalue weighted by Crippen LogP contribution is -2.47. The average molecular weight is 350 g/mol. The van der Waals surface area contributed by atoms with Crippen LogP contribution in [0, 0.1) is 13.8 Å². The fourth-order valence-corrected chi connectivity index (χ4v) is 3.56. The van der Waals surface area contributed by atoms with Crippen molar-refractivity contribution in [3.05, 3.63) is 70.3 Å². The molecule has 0 aliphatic carbocycles. The Labute approximate surface area is 155 Å². The normalized spacial score (nSPS) is 17.2. The molecule has 2 aromatic carbocycles. The molecule has 0 radical (unpaired) electrons. The summed E-state index contributed by atoms with van der Waals surface area (Å²) in [7, 11) is 1.93. The summed E-state index contributed by atoms with van der Waals surface area (Å²) in [6.45, 7) is 5.32. The Morgan fingerprint density at radius 3 is 2.50 bits per heavy atom. The second-order valence-electron chi connectivity index (χ2n) is 7.07. The predicted octanol–water partition coefficient (Wildman–Crippen LogP) is 3.36. The Hall–Kier alpha value is -2.46. The van der Waals surface area contributed by atoms with Crippen LogP contribution in [0.25, 0.3) is 0 Å². The van der Waals surface area contributed by atoms with Gasteiger partial charge in [0.2, 0.25) is 0 Å². The van der Waals surface area contributed by atoms with Crippen LogP contribution in [0.3, 0.4) is 0 Å². The third kappa shape index (κ3) is 3.70. The van der Waals surface area contributed by atoms with Crippen LogP contribution in [-0.4, -0.2) is 42.8 Å². The smallest absolute Gasteiger partial charge is 0.254 e. The summed E-state index contributed by atoms with van der Waals surface area (Å²) >= 11 is 0. The monoisotopic (exact) mass is 350 g/mol. The molecule has 1 atom stereocenters. The lowest BCUT2D eigenvalue weighted by Gasteiger charge is -2.33. The lowest BCUT2D eigenvalue weighted by molar-refractivity contribution is 0.0694. The van der Waals surface area contributed by atoms with E-state index in [9.17, 15) is 9.59 Å². The molecule has 0 saturated carbocycles. The van der Waals surface area contributed by atoms with Gasteiger partial charge < -0.3 is 10.2 Å². The van der Waals surface area contributed by atoms with E-state index in [0.717, 1.165) is 30.5 Å². The van der Waals surface area contributed by atoms with Gasteiger partial charge in [-0.15, -0.1) is 0 Å². The Kier molecular flexibility index (Phi) is 5.52. The number of carbonyl (C=O) groups is 2. The number of likely N-dealkylation sites (N-methyl/N-ethyl adjacent to an activating group) is 1. The number of rotatable bonds is 4. The van der Waals surface area contributed by atoms with E-state index in [-0.39, 0.29) is 11.7 Å². The van der Waals surface area contributed by atoms with E-state index in [1.165, 1.54) is 0 Å². The van der Waals surface area contributed by atoms with Gasteiger partial charge in [0, 0.05) is 30.3 Å². The van der Waals surface area contributed by atoms with Crippen LogP contribution in [0.1, 0.15) is 50.2 Å². The lowest BCUT2D eigenvalue weighted by atomic mass is 9.93. The maximum Gasteiger partial charge on any atom is 0.254 e. The van der Waals surface area contributed by atoms with E-state index < -0.39 is 0 Å². The predicted molar refractivity (Wildman–Crippen MR) is 104 cm³/mol. The van der Waals surface area contributed by atoms with Crippen molar-refractivity contribution in [2.24, 2.45) is 0 Å². The third-order valence-corrected chi connectivity index (χ3v) is 5.16. The molecule has 2 aromatic rings. The molecule has 1 N–H and O–H groups in total. The maximum atomic E-state index is 13.2. The minimum atomic E-state index is -0.0858. The summed E-state index contributed by atoms with van der Waals surface area (Å²) in [6, 6.07) is 13.3. The Bertz CT molecular complexity index is 829. The van der Waals surface area contributed by atoms with Crippen LogP contribution < -0.4 is 5.32 Å². The molecule has 1 aliphatic rings. The molecule has 1 amide bonds. The molecular weight excluding hydrogens is 324 g/mol. The topological polar surface area (TPSA) is 49.4 Å². The van der Waals surface area contributed by atoms with Crippen molar-refractivity contribution in [2.75, 3.05) is 20.1 Å². The number of amides is 1. The molecule has 4 heteroatoms. The van der Waals surface area contributed by atoms with Gasteiger partial charge in [-0.1, -0.05) is 35.9 Å². The highest BCUT2D eigenvalue weighted by atomic mass is 16.2. The van der Waals surface area contributed by atoms with Gasteiger partial charge in [-0.05, 0) is 51.4 Å².